The number of nitriles is 1. The van der Waals surface area contributed by atoms with Crippen molar-refractivity contribution in [1.82, 2.24) is 4.98 Å². The van der Waals surface area contributed by atoms with Crippen molar-refractivity contribution in [1.29, 1.82) is 5.26 Å². The Balaban J connectivity index is 1.76. The summed E-state index contributed by atoms with van der Waals surface area (Å²) in [6, 6.07) is 25.8. The molecule has 1 heterocycles. The Morgan fingerprint density at radius 2 is 1.49 bits per heavy atom. The van der Waals surface area contributed by atoms with Crippen molar-refractivity contribution in [2.24, 2.45) is 0 Å². The molecule has 0 aliphatic heterocycles. The molecule has 0 radical (unpaired) electrons. The van der Waals surface area contributed by atoms with E-state index in [0.717, 1.165) is 39.4 Å². The lowest BCUT2D eigenvalue weighted by Crippen LogP contribution is -1.97. The lowest BCUT2D eigenvalue weighted by molar-refractivity contribution is -0.384. The fourth-order valence-corrected chi connectivity index (χ4v) is 4.47. The molecule has 35 heavy (non-hydrogen) atoms. The average molecular weight is 484 g/mol. The zero-order chi connectivity index (χ0) is 24.8. The van der Waals surface area contributed by atoms with E-state index >= 15 is 0 Å². The van der Waals surface area contributed by atoms with Crippen LogP contribution in [0.2, 0.25) is 0 Å². The van der Waals surface area contributed by atoms with Crippen molar-refractivity contribution in [3.8, 4) is 40.0 Å². The average Bonchev–Trinajstić information content (AvgIpc) is 2.91. The highest BCUT2D eigenvalue weighted by Crippen LogP contribution is 2.36. The topological polar surface area (TPSA) is 98.3 Å². The van der Waals surface area contributed by atoms with E-state index in [4.69, 9.17) is 14.5 Å². The van der Waals surface area contributed by atoms with Gasteiger partial charge in [0.15, 0.2) is 0 Å². The van der Waals surface area contributed by atoms with Gasteiger partial charge in [-0.05, 0) is 53.6 Å². The molecule has 174 valence electrons. The van der Waals surface area contributed by atoms with E-state index in [1.165, 1.54) is 23.9 Å². The largest absolute Gasteiger partial charge is 0.497 e. The molecular weight excluding hydrogens is 462 g/mol. The Morgan fingerprint density at radius 1 is 0.914 bits per heavy atom. The van der Waals surface area contributed by atoms with Gasteiger partial charge in [-0.2, -0.15) is 5.26 Å². The van der Waals surface area contributed by atoms with Crippen LogP contribution in [0.1, 0.15) is 11.1 Å². The van der Waals surface area contributed by atoms with Gasteiger partial charge < -0.3 is 9.47 Å². The fraction of sp³-hybridized carbons (Fsp3) is 0.111. The normalized spacial score (nSPS) is 10.4. The van der Waals surface area contributed by atoms with Crippen LogP contribution in [0.15, 0.2) is 83.9 Å². The summed E-state index contributed by atoms with van der Waals surface area (Å²) < 4.78 is 10.5. The number of nitro benzene ring substituents is 1. The molecule has 0 aliphatic rings. The Labute approximate surface area is 207 Å². The number of nitro groups is 1. The maximum atomic E-state index is 10.9. The third kappa shape index (κ3) is 5.42. The van der Waals surface area contributed by atoms with Crippen molar-refractivity contribution < 1.29 is 14.4 Å². The maximum Gasteiger partial charge on any atom is 0.269 e. The zero-order valence-corrected chi connectivity index (χ0v) is 19.9. The summed E-state index contributed by atoms with van der Waals surface area (Å²) in [4.78, 5) is 15.3. The third-order valence-corrected chi connectivity index (χ3v) is 6.45. The number of benzene rings is 3. The number of pyridine rings is 1. The quantitative estimate of drug-likeness (QED) is 0.160. The van der Waals surface area contributed by atoms with Gasteiger partial charge in [0.25, 0.3) is 5.69 Å². The molecule has 0 unspecified atom stereocenters. The van der Waals surface area contributed by atoms with Crippen molar-refractivity contribution in [3.05, 3.63) is 100 Å². The number of thioether (sulfide) groups is 1. The summed E-state index contributed by atoms with van der Waals surface area (Å²) in [5.74, 6) is 1.98. The molecule has 8 heteroatoms. The second-order valence-electron chi connectivity index (χ2n) is 7.52. The van der Waals surface area contributed by atoms with Crippen LogP contribution in [0.4, 0.5) is 5.69 Å². The van der Waals surface area contributed by atoms with Crippen LogP contribution in [0, 0.1) is 21.4 Å². The summed E-state index contributed by atoms with van der Waals surface area (Å²) >= 11 is 1.42. The van der Waals surface area contributed by atoms with Crippen LogP contribution < -0.4 is 9.47 Å². The number of nitrogens with zero attached hydrogens (tertiary/aromatic N) is 3. The Kier molecular flexibility index (Phi) is 7.29. The predicted octanol–water partition coefficient (Wildman–Crippen LogP) is 6.50. The molecule has 0 spiro atoms. The summed E-state index contributed by atoms with van der Waals surface area (Å²) in [5, 5.41) is 21.6. The number of rotatable bonds is 8. The predicted molar refractivity (Wildman–Crippen MR) is 136 cm³/mol. The van der Waals surface area contributed by atoms with Gasteiger partial charge in [0.05, 0.1) is 30.4 Å². The van der Waals surface area contributed by atoms with Crippen LogP contribution in [0.5, 0.6) is 11.5 Å². The monoisotopic (exact) mass is 483 g/mol. The van der Waals surface area contributed by atoms with Gasteiger partial charge in [-0.15, -0.1) is 11.8 Å². The van der Waals surface area contributed by atoms with Crippen molar-refractivity contribution in [3.63, 3.8) is 0 Å². The number of hydrogen-bond acceptors (Lipinski definition) is 7. The summed E-state index contributed by atoms with van der Waals surface area (Å²) in [6.45, 7) is 0. The molecule has 0 aliphatic carbocycles. The molecule has 0 bridgehead atoms. The minimum atomic E-state index is -0.425. The van der Waals surface area contributed by atoms with Crippen LogP contribution in [0.3, 0.4) is 0 Å². The van der Waals surface area contributed by atoms with Crippen molar-refractivity contribution >= 4 is 17.4 Å². The highest BCUT2D eigenvalue weighted by atomic mass is 32.2. The lowest BCUT2D eigenvalue weighted by Gasteiger charge is -2.13. The van der Waals surface area contributed by atoms with E-state index < -0.39 is 4.92 Å². The second-order valence-corrected chi connectivity index (χ2v) is 8.48. The summed E-state index contributed by atoms with van der Waals surface area (Å²) in [6.07, 6.45) is 0. The fourth-order valence-electron chi connectivity index (χ4n) is 3.51. The van der Waals surface area contributed by atoms with Crippen LogP contribution in [0.25, 0.3) is 22.4 Å². The molecular formula is C27H21N3O4S. The third-order valence-electron chi connectivity index (χ3n) is 5.41. The Hall–Kier alpha value is -4.35. The standard InChI is InChI=1S/C27H21N3O4S/c1-33-22-11-5-19(6-12-22)24-15-26(20-7-13-23(34-2)14-8-20)29-27(25(24)16-28)35-17-18-3-9-21(10-4-18)30(31)32/h3-15H,17H2,1-2H3. The van der Waals surface area contributed by atoms with Crippen LogP contribution in [-0.2, 0) is 5.75 Å². The van der Waals surface area contributed by atoms with E-state index in [-0.39, 0.29) is 5.69 Å². The molecule has 0 saturated heterocycles. The number of hydrogen-bond donors (Lipinski definition) is 0. The Morgan fingerprint density at radius 3 is 2.00 bits per heavy atom. The number of aromatic nitrogens is 1. The number of ether oxygens (including phenoxy) is 2. The van der Waals surface area contributed by atoms with Crippen LogP contribution >= 0.6 is 11.8 Å². The first-order valence-corrected chi connectivity index (χ1v) is 11.6. The number of non-ortho nitro benzene ring substituents is 1. The van der Waals surface area contributed by atoms with Gasteiger partial charge in [-0.1, -0.05) is 24.3 Å². The molecule has 7 nitrogen and oxygen atoms in total. The summed E-state index contributed by atoms with van der Waals surface area (Å²) in [5.41, 5.74) is 4.66. The second kappa shape index (κ2) is 10.7. The van der Waals surface area contributed by atoms with E-state index in [9.17, 15) is 15.4 Å². The van der Waals surface area contributed by atoms with Gasteiger partial charge in [0, 0.05) is 29.0 Å². The molecule has 0 N–H and O–H groups in total. The van der Waals surface area contributed by atoms with Gasteiger partial charge in [0.1, 0.15) is 22.6 Å². The summed E-state index contributed by atoms with van der Waals surface area (Å²) in [7, 11) is 3.22. The zero-order valence-electron chi connectivity index (χ0n) is 19.1. The lowest BCUT2D eigenvalue weighted by atomic mass is 9.99. The van der Waals surface area contributed by atoms with Crippen molar-refractivity contribution in [2.45, 2.75) is 10.8 Å². The minimum Gasteiger partial charge on any atom is -0.497 e. The highest BCUT2D eigenvalue weighted by molar-refractivity contribution is 7.98. The first kappa shape index (κ1) is 23.8. The molecule has 0 atom stereocenters. The molecule has 3 aromatic carbocycles. The van der Waals surface area contributed by atoms with E-state index in [1.807, 2.05) is 54.6 Å². The molecule has 4 aromatic rings. The molecule has 0 amide bonds. The SMILES string of the molecule is COc1ccc(-c2cc(-c3ccc(OC)cc3)c(C#N)c(SCc3ccc([N+](=O)[O-])cc3)n2)cc1. The van der Waals surface area contributed by atoms with Crippen molar-refractivity contribution in [2.75, 3.05) is 14.2 Å². The smallest absolute Gasteiger partial charge is 0.269 e. The van der Waals surface area contributed by atoms with E-state index in [1.54, 1.807) is 26.4 Å². The highest BCUT2D eigenvalue weighted by Gasteiger charge is 2.17. The number of methoxy groups -OCH3 is 2. The van der Waals surface area contributed by atoms with E-state index in [0.29, 0.717) is 16.3 Å². The molecule has 1 aromatic heterocycles. The first-order chi connectivity index (χ1) is 17.0. The molecule has 0 saturated carbocycles. The van der Waals surface area contributed by atoms with Gasteiger partial charge in [0.2, 0.25) is 0 Å². The first-order valence-electron chi connectivity index (χ1n) is 10.6. The minimum absolute atomic E-state index is 0.0397. The maximum absolute atomic E-state index is 10.9. The van der Waals surface area contributed by atoms with Gasteiger partial charge in [-0.25, -0.2) is 4.98 Å². The van der Waals surface area contributed by atoms with Gasteiger partial charge in [-0.3, -0.25) is 10.1 Å². The van der Waals surface area contributed by atoms with Crippen LogP contribution in [-0.4, -0.2) is 24.1 Å². The van der Waals surface area contributed by atoms with Gasteiger partial charge >= 0.3 is 0 Å². The Bertz CT molecular complexity index is 1380. The molecule has 4 rings (SSSR count). The van der Waals surface area contributed by atoms with E-state index in [2.05, 4.69) is 6.07 Å². The molecule has 0 fully saturated rings.